The molecule has 0 saturated heterocycles. The van der Waals surface area contributed by atoms with Gasteiger partial charge in [-0.25, -0.2) is 0 Å². The third-order valence-corrected chi connectivity index (χ3v) is 7.00. The molecule has 0 aliphatic carbocycles. The fourth-order valence-corrected chi connectivity index (χ4v) is 5.22. The monoisotopic (exact) mass is 516 g/mol. The molecule has 0 bridgehead atoms. The lowest BCUT2D eigenvalue weighted by Gasteiger charge is -2.20. The van der Waals surface area contributed by atoms with Crippen molar-refractivity contribution in [2.75, 3.05) is 13.2 Å². The van der Waals surface area contributed by atoms with E-state index in [1.165, 1.54) is 0 Å². The smallest absolute Gasteiger partial charge is 0.123 e. The van der Waals surface area contributed by atoms with Crippen LogP contribution in [0.2, 0.25) is 0 Å². The van der Waals surface area contributed by atoms with Crippen LogP contribution in [-0.2, 0) is 0 Å². The number of hydrogen-bond donors (Lipinski definition) is 4. The van der Waals surface area contributed by atoms with Crippen LogP contribution in [-0.4, -0.2) is 33.1 Å². The van der Waals surface area contributed by atoms with Gasteiger partial charge < -0.3 is 29.4 Å². The highest BCUT2D eigenvalue weighted by molar-refractivity contribution is 5.47. The summed E-state index contributed by atoms with van der Waals surface area (Å²) in [6.07, 6.45) is 8.59. The van der Waals surface area contributed by atoms with E-state index in [9.17, 15) is 0 Å². The van der Waals surface area contributed by atoms with Gasteiger partial charge in [-0.1, -0.05) is 36.4 Å². The first-order chi connectivity index (χ1) is 19.4. The molecule has 0 saturated carbocycles. The SMILES string of the molecule is c1c[nH]c(C(c2ccc[nH]2)c2ccccc2OCCCOc2ccccc2C(c2ccc[nH]2)c2ccc[nH]2)c1. The first kappa shape index (κ1) is 24.5. The Morgan fingerprint density at radius 1 is 0.436 bits per heavy atom. The van der Waals surface area contributed by atoms with Crippen LogP contribution in [0.15, 0.2) is 122 Å². The Morgan fingerprint density at radius 3 is 1.13 bits per heavy atom. The molecule has 2 aromatic carbocycles. The molecular formula is C33H32N4O2. The van der Waals surface area contributed by atoms with Gasteiger partial charge in [0.05, 0.1) is 25.0 Å². The second-order valence-electron chi connectivity index (χ2n) is 9.49. The molecule has 0 radical (unpaired) electrons. The summed E-state index contributed by atoms with van der Waals surface area (Å²) < 4.78 is 12.7. The van der Waals surface area contributed by atoms with Gasteiger partial charge >= 0.3 is 0 Å². The normalized spacial score (nSPS) is 11.3. The molecule has 0 fully saturated rings. The van der Waals surface area contributed by atoms with Gasteiger partial charge in [-0.2, -0.15) is 0 Å². The fraction of sp³-hybridized carbons (Fsp3) is 0.152. The van der Waals surface area contributed by atoms with Crippen molar-refractivity contribution in [2.45, 2.75) is 18.3 Å². The number of benzene rings is 2. The molecule has 6 nitrogen and oxygen atoms in total. The Morgan fingerprint density at radius 2 is 0.795 bits per heavy atom. The summed E-state index contributed by atoms with van der Waals surface area (Å²) in [5.41, 5.74) is 6.71. The van der Waals surface area contributed by atoms with E-state index in [2.05, 4.69) is 68.5 Å². The van der Waals surface area contributed by atoms with Crippen molar-refractivity contribution in [1.29, 1.82) is 0 Å². The summed E-state index contributed by atoms with van der Waals surface area (Å²) in [4.78, 5) is 13.5. The van der Waals surface area contributed by atoms with Crippen molar-refractivity contribution < 1.29 is 9.47 Å². The number of H-pyrrole nitrogens is 4. The minimum Gasteiger partial charge on any atom is -0.493 e. The maximum absolute atomic E-state index is 6.33. The number of rotatable bonds is 12. The average Bonchev–Trinajstić information content (AvgIpc) is 3.80. The van der Waals surface area contributed by atoms with Gasteiger partial charge in [-0.05, 0) is 60.7 Å². The molecule has 4 aromatic heterocycles. The maximum atomic E-state index is 6.33. The molecule has 6 rings (SSSR count). The molecule has 6 heteroatoms. The van der Waals surface area contributed by atoms with E-state index in [4.69, 9.17) is 9.47 Å². The van der Waals surface area contributed by atoms with Crippen LogP contribution < -0.4 is 9.47 Å². The molecule has 196 valence electrons. The Labute approximate surface area is 228 Å². The summed E-state index contributed by atoms with van der Waals surface area (Å²) >= 11 is 0. The van der Waals surface area contributed by atoms with E-state index >= 15 is 0 Å². The minimum atomic E-state index is 0.0345. The van der Waals surface area contributed by atoms with Crippen molar-refractivity contribution in [1.82, 2.24) is 19.9 Å². The van der Waals surface area contributed by atoms with Crippen LogP contribution in [0.25, 0.3) is 0 Å². The Hall–Kier alpha value is -4.84. The number of ether oxygens (including phenoxy) is 2. The van der Waals surface area contributed by atoms with Crippen molar-refractivity contribution in [2.24, 2.45) is 0 Å². The minimum absolute atomic E-state index is 0.0345. The molecule has 39 heavy (non-hydrogen) atoms. The molecule has 0 amide bonds. The molecule has 0 spiro atoms. The third kappa shape index (κ3) is 5.41. The lowest BCUT2D eigenvalue weighted by atomic mass is 9.92. The molecule has 0 atom stereocenters. The van der Waals surface area contributed by atoms with Crippen molar-refractivity contribution in [3.63, 3.8) is 0 Å². The summed E-state index contributed by atoms with van der Waals surface area (Å²) in [6, 6.07) is 33.1. The van der Waals surface area contributed by atoms with E-state index in [-0.39, 0.29) is 11.8 Å². The zero-order chi connectivity index (χ0) is 26.3. The van der Waals surface area contributed by atoms with Gasteiger partial charge in [0.25, 0.3) is 0 Å². The van der Waals surface area contributed by atoms with Crippen molar-refractivity contribution in [3.05, 3.63) is 156 Å². The van der Waals surface area contributed by atoms with E-state index in [1.807, 2.05) is 73.3 Å². The number of aromatic nitrogens is 4. The van der Waals surface area contributed by atoms with Crippen LogP contribution in [0.1, 0.15) is 52.2 Å². The lowest BCUT2D eigenvalue weighted by molar-refractivity contribution is 0.244. The number of aromatic amines is 4. The van der Waals surface area contributed by atoms with Gasteiger partial charge in [0, 0.05) is 65.1 Å². The molecular weight excluding hydrogens is 484 g/mol. The quantitative estimate of drug-likeness (QED) is 0.130. The molecule has 4 N–H and O–H groups in total. The summed E-state index contributed by atoms with van der Waals surface area (Å²) in [5.74, 6) is 1.83. The number of para-hydroxylation sites is 2. The average molecular weight is 517 g/mol. The van der Waals surface area contributed by atoms with E-state index in [0.29, 0.717) is 13.2 Å². The van der Waals surface area contributed by atoms with Gasteiger partial charge in [0.1, 0.15) is 11.5 Å². The predicted molar refractivity (Wildman–Crippen MR) is 154 cm³/mol. The second kappa shape index (κ2) is 11.7. The van der Waals surface area contributed by atoms with Crippen LogP contribution in [0.3, 0.4) is 0 Å². The first-order valence-corrected chi connectivity index (χ1v) is 13.3. The predicted octanol–water partition coefficient (Wildman–Crippen LogP) is 7.21. The Balaban J connectivity index is 1.14. The van der Waals surface area contributed by atoms with Gasteiger partial charge in [-0.3, -0.25) is 0 Å². The maximum Gasteiger partial charge on any atom is 0.123 e. The second-order valence-corrected chi connectivity index (χ2v) is 9.49. The van der Waals surface area contributed by atoms with Gasteiger partial charge in [-0.15, -0.1) is 0 Å². The summed E-state index contributed by atoms with van der Waals surface area (Å²) in [6.45, 7) is 1.11. The van der Waals surface area contributed by atoms with Crippen molar-refractivity contribution >= 4 is 0 Å². The van der Waals surface area contributed by atoms with Crippen LogP contribution in [0.4, 0.5) is 0 Å². The highest BCUT2D eigenvalue weighted by Crippen LogP contribution is 2.37. The van der Waals surface area contributed by atoms with Crippen LogP contribution in [0.5, 0.6) is 11.5 Å². The fourth-order valence-electron chi connectivity index (χ4n) is 5.22. The van der Waals surface area contributed by atoms with Crippen LogP contribution >= 0.6 is 0 Å². The van der Waals surface area contributed by atoms with Gasteiger partial charge in [0.2, 0.25) is 0 Å². The van der Waals surface area contributed by atoms with E-state index < -0.39 is 0 Å². The molecule has 0 aliphatic rings. The standard InChI is InChI=1S/C33H32N4O2/c1-3-16-30(24(10-1)32(26-12-5-18-34-26)27-13-6-19-35-27)38-22-9-23-39-31-17-4-2-11-25(31)33(28-14-7-20-36-28)29-15-8-21-37-29/h1-8,10-21,32-37H,9,22-23H2. The summed E-state index contributed by atoms with van der Waals surface area (Å²) in [5, 5.41) is 0. The molecule has 4 heterocycles. The van der Waals surface area contributed by atoms with E-state index in [0.717, 1.165) is 51.8 Å². The molecule has 0 unspecified atom stereocenters. The molecule has 6 aromatic rings. The Bertz CT molecular complexity index is 1350. The summed E-state index contributed by atoms with van der Waals surface area (Å²) in [7, 11) is 0. The van der Waals surface area contributed by atoms with Crippen molar-refractivity contribution in [3.8, 4) is 11.5 Å². The van der Waals surface area contributed by atoms with Crippen LogP contribution in [0, 0.1) is 0 Å². The highest BCUT2D eigenvalue weighted by Gasteiger charge is 2.23. The third-order valence-electron chi connectivity index (χ3n) is 7.00. The lowest BCUT2D eigenvalue weighted by Crippen LogP contribution is -2.11. The number of hydrogen-bond acceptors (Lipinski definition) is 2. The number of nitrogens with one attached hydrogen (secondary N) is 4. The Kier molecular flexibility index (Phi) is 7.34. The zero-order valence-electron chi connectivity index (χ0n) is 21.6. The van der Waals surface area contributed by atoms with E-state index in [1.54, 1.807) is 0 Å². The first-order valence-electron chi connectivity index (χ1n) is 13.3. The van der Waals surface area contributed by atoms with Gasteiger partial charge in [0.15, 0.2) is 0 Å². The zero-order valence-corrected chi connectivity index (χ0v) is 21.6. The molecule has 0 aliphatic heterocycles. The topological polar surface area (TPSA) is 81.6 Å². The largest absolute Gasteiger partial charge is 0.493 e. The highest BCUT2D eigenvalue weighted by atomic mass is 16.5.